The van der Waals surface area contributed by atoms with Crippen LogP contribution in [0.1, 0.15) is 34.2 Å². The second-order valence-corrected chi connectivity index (χ2v) is 7.77. The zero-order chi connectivity index (χ0) is 22.7. The standard InChI is InChI=1S/C26H26N4O2/c1-4-30(16-24-28-22-13-7-5-11-19(22)25(31)29-24)26(32)20-12-6-8-14-23(20)27-21-15-9-10-17(2)18(21)3/h5-15,27H,4,16H2,1-3H3,(H,28,29,31). The van der Waals surface area contributed by atoms with Gasteiger partial charge in [-0.1, -0.05) is 36.4 Å². The van der Waals surface area contributed by atoms with Gasteiger partial charge in [0.05, 0.1) is 28.7 Å². The van der Waals surface area contributed by atoms with Crippen molar-refractivity contribution in [1.29, 1.82) is 0 Å². The second kappa shape index (κ2) is 9.06. The van der Waals surface area contributed by atoms with Gasteiger partial charge in [0.15, 0.2) is 0 Å². The monoisotopic (exact) mass is 426 g/mol. The third-order valence-corrected chi connectivity index (χ3v) is 5.70. The Bertz CT molecular complexity index is 1340. The van der Waals surface area contributed by atoms with Crippen molar-refractivity contribution in [3.63, 3.8) is 0 Å². The number of aromatic amines is 1. The maximum absolute atomic E-state index is 13.5. The highest BCUT2D eigenvalue weighted by atomic mass is 16.2. The van der Waals surface area contributed by atoms with E-state index in [0.29, 0.717) is 28.8 Å². The van der Waals surface area contributed by atoms with Crippen LogP contribution in [0, 0.1) is 13.8 Å². The highest BCUT2D eigenvalue weighted by Crippen LogP contribution is 2.26. The van der Waals surface area contributed by atoms with Crippen LogP contribution in [0.3, 0.4) is 0 Å². The number of benzene rings is 3. The minimum Gasteiger partial charge on any atom is -0.355 e. The Balaban J connectivity index is 1.63. The van der Waals surface area contributed by atoms with E-state index in [0.717, 1.165) is 16.9 Å². The maximum atomic E-state index is 13.5. The van der Waals surface area contributed by atoms with E-state index >= 15 is 0 Å². The van der Waals surface area contributed by atoms with Gasteiger partial charge in [-0.2, -0.15) is 0 Å². The number of para-hydroxylation sites is 2. The normalized spacial score (nSPS) is 10.8. The molecule has 0 fully saturated rings. The third-order valence-electron chi connectivity index (χ3n) is 5.70. The second-order valence-electron chi connectivity index (χ2n) is 7.77. The lowest BCUT2D eigenvalue weighted by Crippen LogP contribution is -2.32. The number of carbonyl (C=O) groups excluding carboxylic acids is 1. The Hall–Kier alpha value is -3.93. The van der Waals surface area contributed by atoms with E-state index in [1.807, 2.05) is 49.4 Å². The van der Waals surface area contributed by atoms with Crippen molar-refractivity contribution in [1.82, 2.24) is 14.9 Å². The molecule has 6 heteroatoms. The number of amides is 1. The molecular formula is C26H26N4O2. The van der Waals surface area contributed by atoms with Crippen molar-refractivity contribution in [3.05, 3.63) is 99.6 Å². The molecule has 0 unspecified atom stereocenters. The molecule has 0 aliphatic rings. The maximum Gasteiger partial charge on any atom is 0.258 e. The van der Waals surface area contributed by atoms with E-state index < -0.39 is 0 Å². The molecule has 1 amide bonds. The van der Waals surface area contributed by atoms with Crippen LogP contribution in [0.15, 0.2) is 71.5 Å². The Labute approximate surface area is 186 Å². The minimum absolute atomic E-state index is 0.128. The summed E-state index contributed by atoms with van der Waals surface area (Å²) in [5.41, 5.74) is 5.01. The number of H-pyrrole nitrogens is 1. The zero-order valence-electron chi connectivity index (χ0n) is 18.5. The molecule has 6 nitrogen and oxygen atoms in total. The molecule has 0 spiro atoms. The summed E-state index contributed by atoms with van der Waals surface area (Å²) in [7, 11) is 0. The summed E-state index contributed by atoms with van der Waals surface area (Å²) in [6, 6.07) is 20.7. The molecule has 1 heterocycles. The van der Waals surface area contributed by atoms with Crippen LogP contribution in [0.4, 0.5) is 11.4 Å². The molecule has 0 saturated heterocycles. The third kappa shape index (κ3) is 4.25. The first-order valence-corrected chi connectivity index (χ1v) is 10.7. The molecule has 162 valence electrons. The van der Waals surface area contributed by atoms with Gasteiger partial charge < -0.3 is 15.2 Å². The predicted octanol–water partition coefficient (Wildman–Crippen LogP) is 4.95. The van der Waals surface area contributed by atoms with Crippen molar-refractivity contribution in [2.45, 2.75) is 27.3 Å². The number of nitrogens with zero attached hydrogens (tertiary/aromatic N) is 2. The van der Waals surface area contributed by atoms with Crippen molar-refractivity contribution >= 4 is 28.2 Å². The lowest BCUT2D eigenvalue weighted by atomic mass is 10.1. The molecule has 1 aromatic heterocycles. The number of nitrogens with one attached hydrogen (secondary N) is 2. The van der Waals surface area contributed by atoms with Gasteiger partial charge in [0.25, 0.3) is 11.5 Å². The first kappa shape index (κ1) is 21.3. The topological polar surface area (TPSA) is 78.1 Å². The molecule has 32 heavy (non-hydrogen) atoms. The highest BCUT2D eigenvalue weighted by Gasteiger charge is 2.19. The van der Waals surface area contributed by atoms with Crippen LogP contribution in [0.25, 0.3) is 10.9 Å². The van der Waals surface area contributed by atoms with Crippen molar-refractivity contribution in [2.75, 3.05) is 11.9 Å². The van der Waals surface area contributed by atoms with Crippen LogP contribution in [-0.2, 0) is 6.54 Å². The van der Waals surface area contributed by atoms with Gasteiger partial charge in [0.2, 0.25) is 0 Å². The summed E-state index contributed by atoms with van der Waals surface area (Å²) < 4.78 is 0. The number of carbonyl (C=O) groups is 1. The Morgan fingerprint density at radius 3 is 2.50 bits per heavy atom. The van der Waals surface area contributed by atoms with Crippen LogP contribution >= 0.6 is 0 Å². The summed E-state index contributed by atoms with van der Waals surface area (Å²) in [5, 5.41) is 3.95. The number of anilines is 2. The smallest absolute Gasteiger partial charge is 0.258 e. The fourth-order valence-corrected chi connectivity index (χ4v) is 3.70. The van der Waals surface area contributed by atoms with Crippen LogP contribution < -0.4 is 10.9 Å². The van der Waals surface area contributed by atoms with Crippen molar-refractivity contribution < 1.29 is 4.79 Å². The van der Waals surface area contributed by atoms with E-state index in [-0.39, 0.29) is 18.0 Å². The number of aryl methyl sites for hydroxylation is 1. The van der Waals surface area contributed by atoms with Gasteiger partial charge in [-0.05, 0) is 62.2 Å². The Morgan fingerprint density at radius 1 is 0.969 bits per heavy atom. The average Bonchev–Trinajstić information content (AvgIpc) is 2.80. The van der Waals surface area contributed by atoms with E-state index in [4.69, 9.17) is 0 Å². The van der Waals surface area contributed by atoms with Gasteiger partial charge in [0.1, 0.15) is 5.82 Å². The largest absolute Gasteiger partial charge is 0.355 e. The minimum atomic E-state index is -0.203. The molecule has 0 radical (unpaired) electrons. The molecule has 0 aliphatic heterocycles. The molecule has 2 N–H and O–H groups in total. The summed E-state index contributed by atoms with van der Waals surface area (Å²) in [4.78, 5) is 34.9. The first-order valence-electron chi connectivity index (χ1n) is 10.7. The highest BCUT2D eigenvalue weighted by molar-refractivity contribution is 6.00. The number of hydrogen-bond acceptors (Lipinski definition) is 4. The van der Waals surface area contributed by atoms with Gasteiger partial charge in [-0.15, -0.1) is 0 Å². The zero-order valence-corrected chi connectivity index (χ0v) is 18.5. The summed E-state index contributed by atoms with van der Waals surface area (Å²) in [5.74, 6) is 0.334. The molecule has 0 bridgehead atoms. The van der Waals surface area contributed by atoms with E-state index in [9.17, 15) is 9.59 Å². The van der Waals surface area contributed by atoms with E-state index in [2.05, 4.69) is 35.2 Å². The lowest BCUT2D eigenvalue weighted by Gasteiger charge is -2.22. The van der Waals surface area contributed by atoms with Crippen molar-refractivity contribution in [2.24, 2.45) is 0 Å². The Morgan fingerprint density at radius 2 is 1.69 bits per heavy atom. The molecular weight excluding hydrogens is 400 g/mol. The van der Waals surface area contributed by atoms with Crippen LogP contribution in [0.2, 0.25) is 0 Å². The molecule has 0 aliphatic carbocycles. The van der Waals surface area contributed by atoms with E-state index in [1.54, 1.807) is 23.1 Å². The molecule has 4 rings (SSSR count). The van der Waals surface area contributed by atoms with Gasteiger partial charge >= 0.3 is 0 Å². The van der Waals surface area contributed by atoms with Crippen LogP contribution in [-0.4, -0.2) is 27.3 Å². The number of aromatic nitrogens is 2. The number of hydrogen-bond donors (Lipinski definition) is 2. The fraction of sp³-hybridized carbons (Fsp3) is 0.192. The molecule has 0 saturated carbocycles. The van der Waals surface area contributed by atoms with Crippen LogP contribution in [0.5, 0.6) is 0 Å². The summed E-state index contributed by atoms with van der Waals surface area (Å²) in [6.45, 7) is 6.73. The SMILES string of the molecule is CCN(Cc1nc2ccccc2c(=O)[nH]1)C(=O)c1ccccc1Nc1cccc(C)c1C. The molecule has 3 aromatic carbocycles. The van der Waals surface area contributed by atoms with E-state index in [1.165, 1.54) is 5.56 Å². The lowest BCUT2D eigenvalue weighted by molar-refractivity contribution is 0.0749. The summed E-state index contributed by atoms with van der Waals surface area (Å²) in [6.07, 6.45) is 0. The summed E-state index contributed by atoms with van der Waals surface area (Å²) >= 11 is 0. The van der Waals surface area contributed by atoms with Gasteiger partial charge in [-0.25, -0.2) is 4.98 Å². The van der Waals surface area contributed by atoms with Gasteiger partial charge in [-0.3, -0.25) is 9.59 Å². The first-order chi connectivity index (χ1) is 15.5. The predicted molar refractivity (Wildman–Crippen MR) is 128 cm³/mol. The number of fused-ring (bicyclic) bond motifs is 1. The average molecular weight is 427 g/mol. The fourth-order valence-electron chi connectivity index (χ4n) is 3.70. The van der Waals surface area contributed by atoms with Gasteiger partial charge in [0, 0.05) is 12.2 Å². The quantitative estimate of drug-likeness (QED) is 0.457. The number of rotatable bonds is 6. The van der Waals surface area contributed by atoms with Crippen molar-refractivity contribution in [3.8, 4) is 0 Å². The Kier molecular flexibility index (Phi) is 6.03. The molecule has 4 aromatic rings. The molecule has 0 atom stereocenters.